The van der Waals surface area contributed by atoms with Gasteiger partial charge < -0.3 is 5.32 Å². The van der Waals surface area contributed by atoms with Gasteiger partial charge in [0.1, 0.15) is 0 Å². The van der Waals surface area contributed by atoms with Crippen molar-refractivity contribution in [3.05, 3.63) is 41.5 Å². The lowest BCUT2D eigenvalue weighted by atomic mass is 10.1. The molecule has 1 aliphatic carbocycles. The van der Waals surface area contributed by atoms with Gasteiger partial charge >= 0.3 is 0 Å². The number of nitrogens with one attached hydrogen (secondary N) is 1. The summed E-state index contributed by atoms with van der Waals surface area (Å²) in [6.07, 6.45) is 6.46. The molecule has 3 aromatic rings. The third-order valence-electron chi connectivity index (χ3n) is 4.56. The topological polar surface area (TPSA) is 46.4 Å². The van der Waals surface area contributed by atoms with Crippen LogP contribution in [0, 0.1) is 12.8 Å². The number of carbonyl (C=O) groups excluding carboxylic acids is 1. The minimum absolute atomic E-state index is 0.161. The van der Waals surface area contributed by atoms with Gasteiger partial charge in [-0.05, 0) is 31.9 Å². The lowest BCUT2D eigenvalue weighted by Gasteiger charge is -2.10. The highest BCUT2D eigenvalue weighted by atomic mass is 32.1. The predicted molar refractivity (Wildman–Crippen MR) is 93.8 cm³/mol. The fraction of sp³-hybridized carbons (Fsp3) is 0.333. The molecule has 1 amide bonds. The number of aromatic nitrogens is 2. The monoisotopic (exact) mass is 325 g/mol. The van der Waals surface area contributed by atoms with Crippen LogP contribution in [-0.4, -0.2) is 15.3 Å². The number of thiazole rings is 1. The predicted octanol–water partition coefficient (Wildman–Crippen LogP) is 4.50. The summed E-state index contributed by atoms with van der Waals surface area (Å²) in [5.41, 5.74) is 4.10. The van der Waals surface area contributed by atoms with E-state index < -0.39 is 0 Å². The molecule has 0 radical (unpaired) electrons. The lowest BCUT2D eigenvalue weighted by Crippen LogP contribution is -2.20. The van der Waals surface area contributed by atoms with Crippen LogP contribution >= 0.6 is 11.3 Å². The third-order valence-corrected chi connectivity index (χ3v) is 5.52. The van der Waals surface area contributed by atoms with E-state index in [0.717, 1.165) is 34.7 Å². The Morgan fingerprint density at radius 3 is 2.70 bits per heavy atom. The van der Waals surface area contributed by atoms with Gasteiger partial charge in [-0.3, -0.25) is 9.20 Å². The quantitative estimate of drug-likeness (QED) is 0.770. The summed E-state index contributed by atoms with van der Waals surface area (Å²) in [4.78, 5) is 17.8. The summed E-state index contributed by atoms with van der Waals surface area (Å²) in [5, 5.41) is 5.14. The van der Waals surface area contributed by atoms with Crippen molar-refractivity contribution in [3.63, 3.8) is 0 Å². The van der Waals surface area contributed by atoms with Crippen molar-refractivity contribution >= 4 is 27.9 Å². The molecule has 0 unspecified atom stereocenters. The molecule has 1 fully saturated rings. The Morgan fingerprint density at radius 2 is 2.00 bits per heavy atom. The molecule has 1 aromatic carbocycles. The number of anilines is 1. The fourth-order valence-electron chi connectivity index (χ4n) is 3.19. The molecule has 4 rings (SSSR count). The normalized spacial score (nSPS) is 15.3. The van der Waals surface area contributed by atoms with Gasteiger partial charge in [0.15, 0.2) is 4.96 Å². The van der Waals surface area contributed by atoms with E-state index in [1.165, 1.54) is 18.5 Å². The first-order valence-corrected chi connectivity index (χ1v) is 8.93. The van der Waals surface area contributed by atoms with Crippen LogP contribution in [0.25, 0.3) is 16.2 Å². The number of carbonyl (C=O) groups is 1. The van der Waals surface area contributed by atoms with E-state index >= 15 is 0 Å². The molecule has 0 atom stereocenters. The van der Waals surface area contributed by atoms with Crippen molar-refractivity contribution in [1.82, 2.24) is 9.38 Å². The van der Waals surface area contributed by atoms with E-state index in [4.69, 9.17) is 0 Å². The Hall–Kier alpha value is -2.14. The van der Waals surface area contributed by atoms with Gasteiger partial charge in [0.25, 0.3) is 0 Å². The molecular weight excluding hydrogens is 306 g/mol. The van der Waals surface area contributed by atoms with E-state index in [-0.39, 0.29) is 11.8 Å². The van der Waals surface area contributed by atoms with E-state index in [9.17, 15) is 4.79 Å². The van der Waals surface area contributed by atoms with Gasteiger partial charge in [-0.25, -0.2) is 4.98 Å². The van der Waals surface area contributed by atoms with Crippen molar-refractivity contribution in [2.24, 2.45) is 5.92 Å². The maximum Gasteiger partial charge on any atom is 0.227 e. The van der Waals surface area contributed by atoms with Crippen LogP contribution in [0.15, 0.2) is 35.8 Å². The molecule has 1 saturated carbocycles. The summed E-state index contributed by atoms with van der Waals surface area (Å²) in [6.45, 7) is 2.08. The van der Waals surface area contributed by atoms with Crippen LogP contribution in [0.2, 0.25) is 0 Å². The molecular formula is C18H19N3OS. The summed E-state index contributed by atoms with van der Waals surface area (Å²) in [5.74, 6) is 0.353. The third kappa shape index (κ3) is 2.77. The Kier molecular flexibility index (Phi) is 3.65. The van der Waals surface area contributed by atoms with Crippen LogP contribution in [-0.2, 0) is 4.79 Å². The van der Waals surface area contributed by atoms with Gasteiger partial charge in [-0.15, -0.1) is 11.3 Å². The molecule has 0 spiro atoms. The minimum atomic E-state index is 0.161. The lowest BCUT2D eigenvalue weighted by molar-refractivity contribution is -0.119. The molecule has 0 saturated heterocycles. The van der Waals surface area contributed by atoms with E-state index in [0.29, 0.717) is 0 Å². The second-order valence-corrected chi connectivity index (χ2v) is 7.04. The number of hydrogen-bond donors (Lipinski definition) is 1. The Balaban J connectivity index is 1.51. The highest BCUT2D eigenvalue weighted by Crippen LogP contribution is 2.27. The fourth-order valence-corrected chi connectivity index (χ4v) is 4.04. The molecule has 0 bridgehead atoms. The zero-order chi connectivity index (χ0) is 15.8. The van der Waals surface area contributed by atoms with Crippen LogP contribution in [0.3, 0.4) is 0 Å². The zero-order valence-electron chi connectivity index (χ0n) is 13.1. The first kappa shape index (κ1) is 14.5. The molecule has 2 heterocycles. The maximum absolute atomic E-state index is 12.2. The first-order chi connectivity index (χ1) is 11.2. The van der Waals surface area contributed by atoms with Gasteiger partial charge in [-0.1, -0.05) is 25.0 Å². The Labute approximate surface area is 139 Å². The number of imidazole rings is 1. The highest BCUT2D eigenvalue weighted by molar-refractivity contribution is 7.15. The number of nitrogens with zero attached hydrogens (tertiary/aromatic N) is 2. The van der Waals surface area contributed by atoms with E-state index in [2.05, 4.69) is 33.2 Å². The molecule has 4 nitrogen and oxygen atoms in total. The van der Waals surface area contributed by atoms with E-state index in [1.54, 1.807) is 11.3 Å². The molecule has 0 aliphatic heterocycles. The molecule has 23 heavy (non-hydrogen) atoms. The van der Waals surface area contributed by atoms with Crippen LogP contribution < -0.4 is 5.32 Å². The average Bonchev–Trinajstić information content (AvgIpc) is 3.27. The van der Waals surface area contributed by atoms with Gasteiger partial charge in [0, 0.05) is 34.4 Å². The highest BCUT2D eigenvalue weighted by Gasteiger charge is 2.22. The van der Waals surface area contributed by atoms with Crippen molar-refractivity contribution in [2.75, 3.05) is 5.32 Å². The maximum atomic E-state index is 12.2. The largest absolute Gasteiger partial charge is 0.326 e. The standard InChI is InChI=1S/C18H19N3OS/c1-12-11-23-18-20-16(10-21(12)18)13-6-8-15(9-7-13)19-17(22)14-4-2-3-5-14/h6-11,14H,2-5H2,1H3,(H,19,22). The molecule has 1 N–H and O–H groups in total. The van der Waals surface area contributed by atoms with Gasteiger partial charge in [-0.2, -0.15) is 0 Å². The van der Waals surface area contributed by atoms with Gasteiger partial charge in [0.05, 0.1) is 5.69 Å². The second kappa shape index (κ2) is 5.81. The smallest absolute Gasteiger partial charge is 0.227 e. The Bertz CT molecular complexity index is 841. The second-order valence-electron chi connectivity index (χ2n) is 6.20. The van der Waals surface area contributed by atoms with Gasteiger partial charge in [0.2, 0.25) is 5.91 Å². The SMILES string of the molecule is Cc1csc2nc(-c3ccc(NC(=O)C4CCCC4)cc3)cn12. The first-order valence-electron chi connectivity index (χ1n) is 8.05. The number of fused-ring (bicyclic) bond motifs is 1. The number of amides is 1. The molecule has 118 valence electrons. The summed E-state index contributed by atoms with van der Waals surface area (Å²) < 4.78 is 2.11. The summed E-state index contributed by atoms with van der Waals surface area (Å²) >= 11 is 1.65. The van der Waals surface area contributed by atoms with Crippen LogP contribution in [0.4, 0.5) is 5.69 Å². The summed E-state index contributed by atoms with van der Waals surface area (Å²) in [7, 11) is 0. The average molecular weight is 325 g/mol. The molecule has 2 aromatic heterocycles. The minimum Gasteiger partial charge on any atom is -0.326 e. The van der Waals surface area contributed by atoms with Crippen molar-refractivity contribution < 1.29 is 4.79 Å². The Morgan fingerprint density at radius 1 is 1.26 bits per heavy atom. The van der Waals surface area contributed by atoms with E-state index in [1.807, 2.05) is 24.3 Å². The van der Waals surface area contributed by atoms with Crippen LogP contribution in [0.1, 0.15) is 31.4 Å². The number of rotatable bonds is 3. The zero-order valence-corrected chi connectivity index (χ0v) is 13.9. The number of benzene rings is 1. The molecule has 5 heteroatoms. The number of aryl methyl sites for hydroxylation is 1. The summed E-state index contributed by atoms with van der Waals surface area (Å²) in [6, 6.07) is 7.96. The number of hydrogen-bond acceptors (Lipinski definition) is 3. The van der Waals surface area contributed by atoms with Crippen LogP contribution in [0.5, 0.6) is 0 Å². The van der Waals surface area contributed by atoms with Crippen molar-refractivity contribution in [2.45, 2.75) is 32.6 Å². The molecule has 1 aliphatic rings. The van der Waals surface area contributed by atoms with Crippen molar-refractivity contribution in [3.8, 4) is 11.3 Å². The van der Waals surface area contributed by atoms with Crippen molar-refractivity contribution in [1.29, 1.82) is 0 Å².